The second-order valence-electron chi connectivity index (χ2n) is 5.24. The number of aromatic nitrogens is 1. The molecule has 1 aromatic carbocycles. The van der Waals surface area contributed by atoms with E-state index in [4.69, 9.17) is 4.74 Å². The minimum Gasteiger partial charge on any atom is -0.495 e. The number of amides is 1. The Morgan fingerprint density at radius 1 is 1.21 bits per heavy atom. The lowest BCUT2D eigenvalue weighted by molar-refractivity contribution is 0.0955. The summed E-state index contributed by atoms with van der Waals surface area (Å²) >= 11 is 1.44. The van der Waals surface area contributed by atoms with Crippen molar-refractivity contribution < 1.29 is 9.53 Å². The summed E-state index contributed by atoms with van der Waals surface area (Å²) in [6.07, 6.45) is 4.30. The van der Waals surface area contributed by atoms with E-state index in [1.54, 1.807) is 13.3 Å². The summed E-state index contributed by atoms with van der Waals surface area (Å²) in [4.78, 5) is 18.2. The van der Waals surface area contributed by atoms with Crippen molar-refractivity contribution in [1.29, 1.82) is 0 Å². The molecule has 5 heteroatoms. The monoisotopic (exact) mass is 338 g/mol. The third kappa shape index (κ3) is 3.81. The maximum atomic E-state index is 12.5. The molecular weight excluding hydrogens is 320 g/mol. The van der Waals surface area contributed by atoms with Crippen LogP contribution in [0.1, 0.15) is 15.2 Å². The van der Waals surface area contributed by atoms with Crippen LogP contribution < -0.4 is 10.1 Å². The van der Waals surface area contributed by atoms with Gasteiger partial charge >= 0.3 is 0 Å². The number of rotatable bonds is 6. The maximum absolute atomic E-state index is 12.5. The van der Waals surface area contributed by atoms with Crippen LogP contribution >= 0.6 is 11.3 Å². The molecule has 122 valence electrons. The highest BCUT2D eigenvalue weighted by Gasteiger charge is 2.17. The normalized spacial score (nSPS) is 10.4. The Labute approximate surface area is 145 Å². The number of nitrogens with one attached hydrogen (secondary N) is 1. The Hall–Kier alpha value is -2.66. The van der Waals surface area contributed by atoms with Gasteiger partial charge in [0.05, 0.1) is 7.11 Å². The first-order chi connectivity index (χ1) is 11.8. The lowest BCUT2D eigenvalue weighted by Crippen LogP contribution is -2.25. The molecule has 2 aromatic heterocycles. The highest BCUT2D eigenvalue weighted by atomic mass is 32.1. The van der Waals surface area contributed by atoms with Crippen LogP contribution in [-0.2, 0) is 6.42 Å². The predicted octanol–water partition coefficient (Wildman–Crippen LogP) is 3.79. The molecule has 4 nitrogen and oxygen atoms in total. The summed E-state index contributed by atoms with van der Waals surface area (Å²) in [5, 5.41) is 2.95. The molecule has 24 heavy (non-hydrogen) atoms. The van der Waals surface area contributed by atoms with Crippen LogP contribution in [0.3, 0.4) is 0 Å². The van der Waals surface area contributed by atoms with Crippen molar-refractivity contribution in [3.05, 3.63) is 71.4 Å². The number of thiophene rings is 1. The summed E-state index contributed by atoms with van der Waals surface area (Å²) in [5.41, 5.74) is 2.18. The van der Waals surface area contributed by atoms with Crippen molar-refractivity contribution in [3.63, 3.8) is 0 Å². The van der Waals surface area contributed by atoms with Crippen molar-refractivity contribution in [1.82, 2.24) is 10.3 Å². The van der Waals surface area contributed by atoms with Crippen molar-refractivity contribution in [2.24, 2.45) is 0 Å². The number of ether oxygens (including phenoxy) is 1. The molecule has 0 saturated heterocycles. The number of hydrogen-bond donors (Lipinski definition) is 1. The Bertz CT molecular complexity index is 801. The predicted molar refractivity (Wildman–Crippen MR) is 96.6 cm³/mol. The third-order valence-corrected chi connectivity index (χ3v) is 4.77. The molecule has 0 spiro atoms. The van der Waals surface area contributed by atoms with E-state index in [9.17, 15) is 4.79 Å². The van der Waals surface area contributed by atoms with E-state index in [2.05, 4.69) is 10.3 Å². The number of methoxy groups -OCH3 is 1. The van der Waals surface area contributed by atoms with Gasteiger partial charge in [-0.05, 0) is 29.7 Å². The first-order valence-electron chi connectivity index (χ1n) is 7.68. The highest BCUT2D eigenvalue weighted by Crippen LogP contribution is 2.36. The van der Waals surface area contributed by atoms with Gasteiger partial charge in [0.1, 0.15) is 10.6 Å². The molecule has 0 radical (unpaired) electrons. The molecule has 0 bridgehead atoms. The van der Waals surface area contributed by atoms with Crippen LogP contribution in [0.15, 0.2) is 60.9 Å². The van der Waals surface area contributed by atoms with Crippen LogP contribution in [0.5, 0.6) is 5.75 Å². The molecule has 2 heterocycles. The van der Waals surface area contributed by atoms with E-state index in [0.29, 0.717) is 17.2 Å². The number of pyridine rings is 1. The summed E-state index contributed by atoms with van der Waals surface area (Å²) in [6.45, 7) is 0.562. The van der Waals surface area contributed by atoms with Crippen LogP contribution in [0.2, 0.25) is 0 Å². The molecular formula is C19H18N2O2S. The van der Waals surface area contributed by atoms with Gasteiger partial charge in [0.15, 0.2) is 0 Å². The first kappa shape index (κ1) is 16.2. The van der Waals surface area contributed by atoms with Gasteiger partial charge < -0.3 is 10.1 Å². The second kappa shape index (κ2) is 7.75. The molecule has 0 unspecified atom stereocenters. The minimum atomic E-state index is -0.108. The molecule has 1 amide bonds. The summed E-state index contributed by atoms with van der Waals surface area (Å²) in [5.74, 6) is 0.501. The summed E-state index contributed by atoms with van der Waals surface area (Å²) in [7, 11) is 1.59. The Balaban J connectivity index is 1.69. The number of benzene rings is 1. The number of carbonyl (C=O) groups excluding carboxylic acids is 1. The zero-order chi connectivity index (χ0) is 16.8. The van der Waals surface area contributed by atoms with Gasteiger partial charge in [-0.25, -0.2) is 0 Å². The Morgan fingerprint density at radius 3 is 2.75 bits per heavy atom. The average molecular weight is 338 g/mol. The van der Waals surface area contributed by atoms with E-state index >= 15 is 0 Å². The van der Waals surface area contributed by atoms with E-state index in [1.165, 1.54) is 11.3 Å². The van der Waals surface area contributed by atoms with Gasteiger partial charge in [-0.2, -0.15) is 0 Å². The number of nitrogens with zero attached hydrogens (tertiary/aromatic N) is 1. The average Bonchev–Trinajstić information content (AvgIpc) is 3.08. The lowest BCUT2D eigenvalue weighted by atomic mass is 10.2. The molecule has 0 saturated carbocycles. The molecule has 0 aliphatic heterocycles. The minimum absolute atomic E-state index is 0.108. The Kier molecular flexibility index (Phi) is 5.23. The fourth-order valence-corrected chi connectivity index (χ4v) is 3.42. The van der Waals surface area contributed by atoms with Crippen LogP contribution in [0.4, 0.5) is 0 Å². The molecule has 3 rings (SSSR count). The number of carbonyl (C=O) groups is 1. The molecule has 0 aliphatic rings. The zero-order valence-electron chi connectivity index (χ0n) is 13.4. The standard InChI is InChI=1S/C19H18N2O2S/c1-23-16-12-17(15-7-3-2-4-8-15)24-18(16)19(22)21-11-9-14-6-5-10-20-13-14/h2-8,10,12-13H,9,11H2,1H3,(H,21,22). The van der Waals surface area contributed by atoms with Crippen molar-refractivity contribution >= 4 is 17.2 Å². The Morgan fingerprint density at radius 2 is 2.04 bits per heavy atom. The van der Waals surface area contributed by atoms with E-state index in [-0.39, 0.29) is 5.91 Å². The molecule has 0 aliphatic carbocycles. The molecule has 3 aromatic rings. The highest BCUT2D eigenvalue weighted by molar-refractivity contribution is 7.17. The maximum Gasteiger partial charge on any atom is 0.265 e. The largest absolute Gasteiger partial charge is 0.495 e. The molecule has 1 N–H and O–H groups in total. The van der Waals surface area contributed by atoms with Crippen molar-refractivity contribution in [2.45, 2.75) is 6.42 Å². The van der Waals surface area contributed by atoms with E-state index in [0.717, 1.165) is 22.4 Å². The van der Waals surface area contributed by atoms with Crippen molar-refractivity contribution in [3.8, 4) is 16.2 Å². The third-order valence-electron chi connectivity index (χ3n) is 3.60. The summed E-state index contributed by atoms with van der Waals surface area (Å²) in [6, 6.07) is 15.8. The van der Waals surface area contributed by atoms with Gasteiger partial charge in [0.2, 0.25) is 0 Å². The summed E-state index contributed by atoms with van der Waals surface area (Å²) < 4.78 is 5.37. The van der Waals surface area contributed by atoms with Gasteiger partial charge in [0.25, 0.3) is 5.91 Å². The lowest BCUT2D eigenvalue weighted by Gasteiger charge is -2.05. The van der Waals surface area contributed by atoms with Crippen LogP contribution in [0, 0.1) is 0 Å². The van der Waals surface area contributed by atoms with Gasteiger partial charge in [0, 0.05) is 23.8 Å². The fourth-order valence-electron chi connectivity index (χ4n) is 2.38. The van der Waals surface area contributed by atoms with Gasteiger partial charge in [-0.3, -0.25) is 9.78 Å². The fraction of sp³-hybridized carbons (Fsp3) is 0.158. The van der Waals surface area contributed by atoms with Gasteiger partial charge in [-0.1, -0.05) is 36.4 Å². The van der Waals surface area contributed by atoms with E-state index < -0.39 is 0 Å². The van der Waals surface area contributed by atoms with Crippen molar-refractivity contribution in [2.75, 3.05) is 13.7 Å². The number of hydrogen-bond acceptors (Lipinski definition) is 4. The zero-order valence-corrected chi connectivity index (χ0v) is 14.2. The first-order valence-corrected chi connectivity index (χ1v) is 8.50. The quantitative estimate of drug-likeness (QED) is 0.744. The SMILES string of the molecule is COc1cc(-c2ccccc2)sc1C(=O)NCCc1cccnc1. The molecule has 0 atom stereocenters. The van der Waals surface area contributed by atoms with Gasteiger partial charge in [-0.15, -0.1) is 11.3 Å². The van der Waals surface area contributed by atoms with Crippen LogP contribution in [0.25, 0.3) is 10.4 Å². The molecule has 0 fully saturated rings. The van der Waals surface area contributed by atoms with E-state index in [1.807, 2.05) is 54.7 Å². The topological polar surface area (TPSA) is 51.2 Å². The second-order valence-corrected chi connectivity index (χ2v) is 6.29. The van der Waals surface area contributed by atoms with Crippen LogP contribution in [-0.4, -0.2) is 24.5 Å². The smallest absolute Gasteiger partial charge is 0.265 e.